The van der Waals surface area contributed by atoms with Crippen LogP contribution in [0.4, 0.5) is 4.39 Å². The van der Waals surface area contributed by atoms with Gasteiger partial charge in [-0.2, -0.15) is 0 Å². The normalized spacial score (nSPS) is 14.0. The van der Waals surface area contributed by atoms with Gasteiger partial charge in [0, 0.05) is 58.2 Å². The topological polar surface area (TPSA) is 99.2 Å². The molecule has 3 rings (SSSR count). The molecule has 1 fully saturated rings. The summed E-state index contributed by atoms with van der Waals surface area (Å²) in [7, 11) is 0. The van der Waals surface area contributed by atoms with E-state index in [1.165, 1.54) is 24.5 Å². The van der Waals surface area contributed by atoms with Crippen LogP contribution in [-0.2, 0) is 6.54 Å². The summed E-state index contributed by atoms with van der Waals surface area (Å²) in [4.78, 5) is 35.2. The Morgan fingerprint density at radius 1 is 1.00 bits per heavy atom. The van der Waals surface area contributed by atoms with Crippen molar-refractivity contribution in [1.82, 2.24) is 30.8 Å². The molecule has 2 aromatic rings. The highest BCUT2D eigenvalue weighted by Gasteiger charge is 2.20. The zero-order valence-corrected chi connectivity index (χ0v) is 16.7. The number of hydrogen-bond donors (Lipinski definition) is 3. The molecule has 1 aliphatic heterocycles. The summed E-state index contributed by atoms with van der Waals surface area (Å²) in [6.45, 7) is 5.16. The van der Waals surface area contributed by atoms with Crippen LogP contribution in [0.2, 0.25) is 0 Å². The van der Waals surface area contributed by atoms with Crippen molar-refractivity contribution in [2.45, 2.75) is 6.54 Å². The van der Waals surface area contributed by atoms with E-state index in [4.69, 9.17) is 0 Å². The zero-order chi connectivity index (χ0) is 19.8. The van der Waals surface area contributed by atoms with Crippen molar-refractivity contribution in [3.05, 3.63) is 59.4 Å². The molecule has 10 heteroatoms. The summed E-state index contributed by atoms with van der Waals surface area (Å²) >= 11 is 0. The SMILES string of the molecule is Cl.O=C(NCCN1CCNCC1)c1nccnc1C(=O)NCc1ccc(F)cc1. The number of nitrogens with zero attached hydrogens (tertiary/aromatic N) is 3. The van der Waals surface area contributed by atoms with Gasteiger partial charge in [-0.3, -0.25) is 14.5 Å². The minimum absolute atomic E-state index is 0. The molecule has 29 heavy (non-hydrogen) atoms. The molecule has 1 aromatic carbocycles. The van der Waals surface area contributed by atoms with E-state index in [0.717, 1.165) is 38.3 Å². The van der Waals surface area contributed by atoms with Crippen LogP contribution in [-0.4, -0.2) is 66.0 Å². The van der Waals surface area contributed by atoms with Gasteiger partial charge in [0.25, 0.3) is 11.8 Å². The van der Waals surface area contributed by atoms with Crippen molar-refractivity contribution >= 4 is 24.2 Å². The maximum atomic E-state index is 13.0. The molecule has 8 nitrogen and oxygen atoms in total. The summed E-state index contributed by atoms with van der Waals surface area (Å²) in [5.74, 6) is -1.29. The molecule has 0 saturated carbocycles. The van der Waals surface area contributed by atoms with E-state index in [2.05, 4.69) is 30.8 Å². The number of hydrogen-bond acceptors (Lipinski definition) is 6. The van der Waals surface area contributed by atoms with E-state index in [9.17, 15) is 14.0 Å². The Morgan fingerprint density at radius 2 is 1.59 bits per heavy atom. The predicted molar refractivity (Wildman–Crippen MR) is 108 cm³/mol. The second-order valence-electron chi connectivity index (χ2n) is 6.41. The molecule has 3 N–H and O–H groups in total. The molecule has 0 bridgehead atoms. The minimum atomic E-state index is -0.510. The number of amides is 2. The van der Waals surface area contributed by atoms with Crippen LogP contribution >= 0.6 is 12.4 Å². The molecule has 2 heterocycles. The third kappa shape index (κ3) is 6.74. The molecule has 1 aliphatic rings. The second kappa shape index (κ2) is 11.4. The minimum Gasteiger partial charge on any atom is -0.349 e. The molecule has 1 aromatic heterocycles. The lowest BCUT2D eigenvalue weighted by atomic mass is 10.2. The third-order valence-corrected chi connectivity index (χ3v) is 4.42. The number of carbonyl (C=O) groups excluding carboxylic acids is 2. The van der Waals surface area contributed by atoms with Crippen LogP contribution in [0.5, 0.6) is 0 Å². The summed E-state index contributed by atoms with van der Waals surface area (Å²) in [5, 5.41) is 8.75. The molecule has 0 atom stereocenters. The van der Waals surface area contributed by atoms with Gasteiger partial charge in [0.1, 0.15) is 5.82 Å². The van der Waals surface area contributed by atoms with E-state index in [1.807, 2.05) is 0 Å². The first kappa shape index (κ1) is 22.7. The highest BCUT2D eigenvalue weighted by atomic mass is 35.5. The first-order valence-corrected chi connectivity index (χ1v) is 9.18. The van der Waals surface area contributed by atoms with Gasteiger partial charge in [-0.05, 0) is 17.7 Å². The molecule has 1 saturated heterocycles. The number of halogens is 2. The molecule has 0 spiro atoms. The first-order chi connectivity index (χ1) is 13.6. The van der Waals surface area contributed by atoms with E-state index < -0.39 is 11.8 Å². The maximum absolute atomic E-state index is 13.0. The van der Waals surface area contributed by atoms with Crippen LogP contribution in [0, 0.1) is 5.82 Å². The second-order valence-corrected chi connectivity index (χ2v) is 6.41. The summed E-state index contributed by atoms with van der Waals surface area (Å²) < 4.78 is 13.0. The summed E-state index contributed by atoms with van der Waals surface area (Å²) in [6.07, 6.45) is 2.74. The van der Waals surface area contributed by atoms with E-state index >= 15 is 0 Å². The molecule has 2 amide bonds. The van der Waals surface area contributed by atoms with Gasteiger partial charge in [-0.25, -0.2) is 14.4 Å². The van der Waals surface area contributed by atoms with Crippen LogP contribution < -0.4 is 16.0 Å². The highest BCUT2D eigenvalue weighted by molar-refractivity contribution is 6.04. The molecule has 0 unspecified atom stereocenters. The fourth-order valence-corrected chi connectivity index (χ4v) is 2.88. The van der Waals surface area contributed by atoms with Crippen LogP contribution in [0.25, 0.3) is 0 Å². The Kier molecular flexibility index (Phi) is 8.91. The van der Waals surface area contributed by atoms with Crippen molar-refractivity contribution in [2.75, 3.05) is 39.3 Å². The lowest BCUT2D eigenvalue weighted by Gasteiger charge is -2.27. The lowest BCUT2D eigenvalue weighted by molar-refractivity contribution is 0.0906. The Bertz CT molecular complexity index is 815. The fraction of sp³-hybridized carbons (Fsp3) is 0.368. The van der Waals surface area contributed by atoms with Crippen molar-refractivity contribution in [3.8, 4) is 0 Å². The Labute approximate surface area is 174 Å². The third-order valence-electron chi connectivity index (χ3n) is 4.42. The van der Waals surface area contributed by atoms with Gasteiger partial charge in [0.15, 0.2) is 11.4 Å². The molecular formula is C19H24ClFN6O2. The number of piperazine rings is 1. The Balaban J connectivity index is 0.00000300. The standard InChI is InChI=1S/C19H23FN6O2.ClH/c20-15-3-1-14(2-4-15)13-25-19(28)17-16(22-5-6-23-17)18(27)24-9-12-26-10-7-21-8-11-26;/h1-6,21H,7-13H2,(H,24,27)(H,25,28);1H. The van der Waals surface area contributed by atoms with Crippen molar-refractivity contribution < 1.29 is 14.0 Å². The van der Waals surface area contributed by atoms with Gasteiger partial charge >= 0.3 is 0 Å². The Morgan fingerprint density at radius 3 is 2.21 bits per heavy atom. The lowest BCUT2D eigenvalue weighted by Crippen LogP contribution is -2.46. The molecule has 0 radical (unpaired) electrons. The number of carbonyl (C=O) groups is 2. The monoisotopic (exact) mass is 422 g/mol. The Hall–Kier alpha value is -2.62. The van der Waals surface area contributed by atoms with Gasteiger partial charge in [0.05, 0.1) is 0 Å². The fourth-order valence-electron chi connectivity index (χ4n) is 2.88. The van der Waals surface area contributed by atoms with Crippen LogP contribution in [0.1, 0.15) is 26.5 Å². The first-order valence-electron chi connectivity index (χ1n) is 9.18. The number of aromatic nitrogens is 2. The molecule has 156 valence electrons. The molecule has 0 aliphatic carbocycles. The van der Waals surface area contributed by atoms with E-state index in [-0.39, 0.29) is 36.2 Å². The van der Waals surface area contributed by atoms with Crippen molar-refractivity contribution in [1.29, 1.82) is 0 Å². The average Bonchev–Trinajstić information content (AvgIpc) is 2.74. The zero-order valence-electron chi connectivity index (χ0n) is 15.9. The van der Waals surface area contributed by atoms with Gasteiger partial charge in [0.2, 0.25) is 0 Å². The summed E-state index contributed by atoms with van der Waals surface area (Å²) in [6, 6.07) is 5.80. The van der Waals surface area contributed by atoms with Crippen molar-refractivity contribution in [2.24, 2.45) is 0 Å². The van der Waals surface area contributed by atoms with E-state index in [0.29, 0.717) is 6.54 Å². The predicted octanol–water partition coefficient (Wildman–Crippen LogP) is 0.603. The van der Waals surface area contributed by atoms with E-state index in [1.54, 1.807) is 12.1 Å². The smallest absolute Gasteiger partial charge is 0.272 e. The van der Waals surface area contributed by atoms with Crippen LogP contribution in [0.3, 0.4) is 0 Å². The van der Waals surface area contributed by atoms with Gasteiger partial charge in [-0.1, -0.05) is 12.1 Å². The number of nitrogens with one attached hydrogen (secondary N) is 3. The van der Waals surface area contributed by atoms with Gasteiger partial charge < -0.3 is 16.0 Å². The summed E-state index contributed by atoms with van der Waals surface area (Å²) in [5.41, 5.74) is 0.685. The van der Waals surface area contributed by atoms with Crippen LogP contribution in [0.15, 0.2) is 36.7 Å². The highest BCUT2D eigenvalue weighted by Crippen LogP contribution is 2.05. The van der Waals surface area contributed by atoms with Gasteiger partial charge in [-0.15, -0.1) is 12.4 Å². The quantitative estimate of drug-likeness (QED) is 0.604. The van der Waals surface area contributed by atoms with Crippen molar-refractivity contribution in [3.63, 3.8) is 0 Å². The number of benzene rings is 1. The largest absolute Gasteiger partial charge is 0.349 e. The number of rotatable bonds is 7. The molecular weight excluding hydrogens is 399 g/mol. The maximum Gasteiger partial charge on any atom is 0.272 e. The average molecular weight is 423 g/mol.